The number of benzene rings is 9. The molecule has 218 valence electrons. The molecule has 1 heterocycles. The summed E-state index contributed by atoms with van der Waals surface area (Å²) < 4.78 is 6.32. The van der Waals surface area contributed by atoms with Gasteiger partial charge in [0.15, 0.2) is 0 Å². The molecule has 0 aliphatic rings. The molecular formula is C46H28O. The van der Waals surface area contributed by atoms with E-state index in [1.165, 1.54) is 76.5 Å². The monoisotopic (exact) mass is 596 g/mol. The molecule has 47 heavy (non-hydrogen) atoms. The van der Waals surface area contributed by atoms with Crippen LogP contribution in [0.25, 0.3) is 98.4 Å². The lowest BCUT2D eigenvalue weighted by Gasteiger charge is -2.19. The Kier molecular flexibility index (Phi) is 5.64. The third-order valence-corrected chi connectivity index (χ3v) is 9.81. The lowest BCUT2D eigenvalue weighted by molar-refractivity contribution is 0.669. The summed E-state index contributed by atoms with van der Waals surface area (Å²) in [4.78, 5) is 0. The summed E-state index contributed by atoms with van der Waals surface area (Å²) in [5.41, 5.74) is 9.24. The van der Waals surface area contributed by atoms with Gasteiger partial charge in [0.1, 0.15) is 11.2 Å². The van der Waals surface area contributed by atoms with Crippen molar-refractivity contribution in [3.63, 3.8) is 0 Å². The van der Waals surface area contributed by atoms with Crippen LogP contribution >= 0.6 is 0 Å². The van der Waals surface area contributed by atoms with E-state index in [-0.39, 0.29) is 0 Å². The molecule has 10 rings (SSSR count). The Bertz CT molecular complexity index is 2790. The lowest BCUT2D eigenvalue weighted by atomic mass is 9.84. The number of furan rings is 1. The highest BCUT2D eigenvalue weighted by atomic mass is 16.3. The van der Waals surface area contributed by atoms with Crippen molar-refractivity contribution in [3.8, 4) is 33.4 Å². The van der Waals surface area contributed by atoms with E-state index in [9.17, 15) is 0 Å². The molecule has 0 atom stereocenters. The highest BCUT2D eigenvalue weighted by Gasteiger charge is 2.18. The molecule has 1 heteroatoms. The van der Waals surface area contributed by atoms with Crippen LogP contribution in [0.5, 0.6) is 0 Å². The van der Waals surface area contributed by atoms with Gasteiger partial charge >= 0.3 is 0 Å². The SMILES string of the molecule is c1cc(-c2ccc3oc4cc5ccccc5cc4c3c2)cc(-c2c3ccccc3c(-c3cccc4ccccc34)c3ccccc23)c1. The van der Waals surface area contributed by atoms with Crippen LogP contribution in [-0.4, -0.2) is 0 Å². The summed E-state index contributed by atoms with van der Waals surface area (Å²) >= 11 is 0. The Hall–Kier alpha value is -6.18. The fraction of sp³-hybridized carbons (Fsp3) is 0. The average Bonchev–Trinajstić information content (AvgIpc) is 3.49. The number of rotatable bonds is 3. The molecular weight excluding hydrogens is 569 g/mol. The average molecular weight is 597 g/mol. The molecule has 1 aromatic heterocycles. The van der Waals surface area contributed by atoms with Crippen molar-refractivity contribution >= 4 is 65.0 Å². The molecule has 0 unspecified atom stereocenters. The van der Waals surface area contributed by atoms with E-state index in [0.29, 0.717) is 0 Å². The van der Waals surface area contributed by atoms with E-state index >= 15 is 0 Å². The highest BCUT2D eigenvalue weighted by molar-refractivity contribution is 6.23. The standard InChI is InChI=1S/C46H28O/c1-2-13-32-28-44-42(26-31(32)12-1)41-27-33(23-24-43(41)47-44)30-15-9-16-34(25-30)45-37-18-5-7-20-39(37)46(40-21-8-6-19-38(40)45)36-22-10-14-29-11-3-4-17-35(29)36/h1-28H. The van der Waals surface area contributed by atoms with Crippen molar-refractivity contribution in [2.75, 3.05) is 0 Å². The third-order valence-electron chi connectivity index (χ3n) is 9.81. The van der Waals surface area contributed by atoms with Crippen molar-refractivity contribution in [1.82, 2.24) is 0 Å². The van der Waals surface area contributed by atoms with Gasteiger partial charge in [0.25, 0.3) is 0 Å². The first kappa shape index (κ1) is 26.1. The largest absolute Gasteiger partial charge is 0.456 e. The minimum Gasteiger partial charge on any atom is -0.456 e. The third kappa shape index (κ3) is 4.03. The van der Waals surface area contributed by atoms with Crippen LogP contribution in [0.15, 0.2) is 174 Å². The van der Waals surface area contributed by atoms with Gasteiger partial charge in [-0.05, 0) is 107 Å². The zero-order chi connectivity index (χ0) is 30.9. The second-order valence-electron chi connectivity index (χ2n) is 12.5. The van der Waals surface area contributed by atoms with Crippen LogP contribution in [-0.2, 0) is 0 Å². The summed E-state index contributed by atoms with van der Waals surface area (Å²) in [5, 5.41) is 12.3. The van der Waals surface area contributed by atoms with Gasteiger partial charge < -0.3 is 4.42 Å². The van der Waals surface area contributed by atoms with Gasteiger partial charge in [-0.25, -0.2) is 0 Å². The van der Waals surface area contributed by atoms with E-state index < -0.39 is 0 Å². The quantitative estimate of drug-likeness (QED) is 0.185. The van der Waals surface area contributed by atoms with E-state index in [2.05, 4.69) is 170 Å². The smallest absolute Gasteiger partial charge is 0.136 e. The van der Waals surface area contributed by atoms with Gasteiger partial charge in [-0.15, -0.1) is 0 Å². The van der Waals surface area contributed by atoms with E-state index in [4.69, 9.17) is 4.42 Å². The fourth-order valence-electron chi connectivity index (χ4n) is 7.67. The maximum atomic E-state index is 6.32. The van der Waals surface area contributed by atoms with Gasteiger partial charge in [-0.1, -0.05) is 140 Å². The van der Waals surface area contributed by atoms with Crippen LogP contribution in [0.3, 0.4) is 0 Å². The van der Waals surface area contributed by atoms with Gasteiger partial charge in [-0.3, -0.25) is 0 Å². The molecule has 10 aromatic rings. The second kappa shape index (κ2) is 10.2. The van der Waals surface area contributed by atoms with Gasteiger partial charge in [-0.2, -0.15) is 0 Å². The first-order valence-corrected chi connectivity index (χ1v) is 16.2. The maximum absolute atomic E-state index is 6.32. The zero-order valence-corrected chi connectivity index (χ0v) is 25.6. The van der Waals surface area contributed by atoms with E-state index in [1.54, 1.807) is 0 Å². The summed E-state index contributed by atoms with van der Waals surface area (Å²) in [6, 6.07) is 61.7. The lowest BCUT2D eigenvalue weighted by Crippen LogP contribution is -1.92. The second-order valence-corrected chi connectivity index (χ2v) is 12.5. The van der Waals surface area contributed by atoms with Crippen molar-refractivity contribution in [2.45, 2.75) is 0 Å². The first-order valence-electron chi connectivity index (χ1n) is 16.2. The Morgan fingerprint density at radius 3 is 1.55 bits per heavy atom. The molecule has 0 saturated heterocycles. The molecule has 0 aliphatic heterocycles. The van der Waals surface area contributed by atoms with Crippen LogP contribution in [0, 0.1) is 0 Å². The minimum absolute atomic E-state index is 0.913. The highest BCUT2D eigenvalue weighted by Crippen LogP contribution is 2.46. The van der Waals surface area contributed by atoms with Crippen molar-refractivity contribution in [1.29, 1.82) is 0 Å². The van der Waals surface area contributed by atoms with Crippen LogP contribution in [0.4, 0.5) is 0 Å². The molecule has 0 bridgehead atoms. The molecule has 0 amide bonds. The van der Waals surface area contributed by atoms with Crippen LogP contribution < -0.4 is 0 Å². The topological polar surface area (TPSA) is 13.1 Å². The normalized spacial score (nSPS) is 11.8. The van der Waals surface area contributed by atoms with E-state index in [1.807, 2.05) is 0 Å². The van der Waals surface area contributed by atoms with Gasteiger partial charge in [0.2, 0.25) is 0 Å². The minimum atomic E-state index is 0.913. The van der Waals surface area contributed by atoms with Gasteiger partial charge in [0.05, 0.1) is 0 Å². The molecule has 0 spiro atoms. The van der Waals surface area contributed by atoms with Crippen LogP contribution in [0.2, 0.25) is 0 Å². The Labute approximate surface area is 271 Å². The van der Waals surface area contributed by atoms with Crippen molar-refractivity contribution < 1.29 is 4.42 Å². The molecule has 0 N–H and O–H groups in total. The molecule has 0 aliphatic carbocycles. The number of hydrogen-bond donors (Lipinski definition) is 0. The molecule has 0 radical (unpaired) electrons. The summed E-state index contributed by atoms with van der Waals surface area (Å²) in [5.74, 6) is 0. The zero-order valence-electron chi connectivity index (χ0n) is 25.6. The Balaban J connectivity index is 1.20. The van der Waals surface area contributed by atoms with Crippen molar-refractivity contribution in [3.05, 3.63) is 170 Å². The number of hydrogen-bond acceptors (Lipinski definition) is 1. The summed E-state index contributed by atoms with van der Waals surface area (Å²) in [7, 11) is 0. The first-order chi connectivity index (χ1) is 23.3. The Morgan fingerprint density at radius 1 is 0.277 bits per heavy atom. The molecule has 0 saturated carbocycles. The fourth-order valence-corrected chi connectivity index (χ4v) is 7.67. The molecule has 0 fully saturated rings. The maximum Gasteiger partial charge on any atom is 0.136 e. The van der Waals surface area contributed by atoms with Crippen LogP contribution in [0.1, 0.15) is 0 Å². The summed E-state index contributed by atoms with van der Waals surface area (Å²) in [6.07, 6.45) is 0. The Morgan fingerprint density at radius 2 is 0.809 bits per heavy atom. The predicted molar refractivity (Wildman–Crippen MR) is 200 cm³/mol. The number of fused-ring (bicyclic) bond motifs is 7. The van der Waals surface area contributed by atoms with Crippen molar-refractivity contribution in [2.24, 2.45) is 0 Å². The predicted octanol–water partition coefficient (Wildman–Crippen LogP) is 13.2. The van der Waals surface area contributed by atoms with E-state index in [0.717, 1.165) is 21.9 Å². The molecule has 1 nitrogen and oxygen atoms in total. The molecule has 9 aromatic carbocycles. The van der Waals surface area contributed by atoms with Gasteiger partial charge in [0, 0.05) is 10.8 Å². The summed E-state index contributed by atoms with van der Waals surface area (Å²) in [6.45, 7) is 0.